The van der Waals surface area contributed by atoms with Crippen LogP contribution in [0.5, 0.6) is 0 Å². The molecule has 1 aromatic heterocycles. The molecule has 3 rings (SSSR count). The van der Waals surface area contributed by atoms with Gasteiger partial charge in [-0.2, -0.15) is 0 Å². The number of furan rings is 1. The lowest BCUT2D eigenvalue weighted by atomic mass is 9.86. The van der Waals surface area contributed by atoms with Gasteiger partial charge < -0.3 is 19.2 Å². The predicted molar refractivity (Wildman–Crippen MR) is 82.3 cm³/mol. The van der Waals surface area contributed by atoms with Gasteiger partial charge in [-0.1, -0.05) is 25.1 Å². The first-order valence-corrected chi connectivity index (χ1v) is 7.54. The van der Waals surface area contributed by atoms with Gasteiger partial charge in [-0.3, -0.25) is 0 Å². The number of rotatable bonds is 6. The van der Waals surface area contributed by atoms with E-state index in [1.807, 2.05) is 12.1 Å². The first kappa shape index (κ1) is 14.6. The van der Waals surface area contributed by atoms with Crippen molar-refractivity contribution in [2.24, 2.45) is 5.41 Å². The molecule has 1 fully saturated rings. The zero-order valence-electron chi connectivity index (χ0n) is 12.8. The lowest BCUT2D eigenvalue weighted by molar-refractivity contribution is -0.147. The van der Waals surface area contributed by atoms with Crippen LogP contribution in [0.4, 0.5) is 0 Å². The topological polar surface area (TPSA) is 45.8 Å². The number of hydrogen-bond acceptors (Lipinski definition) is 4. The van der Waals surface area contributed by atoms with Gasteiger partial charge in [0.1, 0.15) is 11.3 Å². The molecule has 2 aromatic rings. The van der Waals surface area contributed by atoms with E-state index in [0.717, 1.165) is 30.9 Å². The molecule has 0 atom stereocenters. The van der Waals surface area contributed by atoms with Crippen molar-refractivity contribution in [2.75, 3.05) is 33.4 Å². The Morgan fingerprint density at radius 2 is 2.05 bits per heavy atom. The summed E-state index contributed by atoms with van der Waals surface area (Å²) in [5.74, 6) is 1.06. The standard InChI is InChI=1S/C17H23NO3/c1-3-15-14(13-6-4-5-7-16(13)21-15)8-18(2)9-17(10-19)11-20-12-17/h4-7,19H,3,8-12H2,1-2H3. The van der Waals surface area contributed by atoms with Gasteiger partial charge in [0.25, 0.3) is 0 Å². The normalized spacial score (nSPS) is 17.3. The molecule has 0 amide bonds. The molecule has 21 heavy (non-hydrogen) atoms. The van der Waals surface area contributed by atoms with Crippen LogP contribution in [0.1, 0.15) is 18.2 Å². The number of aryl methyl sites for hydroxylation is 1. The van der Waals surface area contributed by atoms with Gasteiger partial charge in [0.05, 0.1) is 25.2 Å². The molecule has 1 aliphatic heterocycles. The Bertz CT molecular complexity index is 610. The lowest BCUT2D eigenvalue weighted by Gasteiger charge is -2.42. The number of para-hydroxylation sites is 1. The molecule has 0 radical (unpaired) electrons. The SMILES string of the molecule is CCc1oc2ccccc2c1CN(C)CC1(CO)COC1. The van der Waals surface area contributed by atoms with Gasteiger partial charge in [-0.05, 0) is 13.1 Å². The monoisotopic (exact) mass is 289 g/mol. The minimum Gasteiger partial charge on any atom is -0.461 e. The minimum absolute atomic E-state index is 0.0827. The second kappa shape index (κ2) is 5.79. The van der Waals surface area contributed by atoms with Crippen LogP contribution >= 0.6 is 0 Å². The van der Waals surface area contributed by atoms with Gasteiger partial charge >= 0.3 is 0 Å². The summed E-state index contributed by atoms with van der Waals surface area (Å²) in [4.78, 5) is 2.26. The van der Waals surface area contributed by atoms with Crippen LogP contribution in [0.3, 0.4) is 0 Å². The molecular formula is C17H23NO3. The van der Waals surface area contributed by atoms with E-state index < -0.39 is 0 Å². The third-order valence-electron chi connectivity index (χ3n) is 4.29. The molecule has 2 heterocycles. The minimum atomic E-state index is -0.0827. The Labute approximate surface area is 125 Å². The number of aliphatic hydroxyl groups is 1. The summed E-state index contributed by atoms with van der Waals surface area (Å²) < 4.78 is 11.2. The predicted octanol–water partition coefficient (Wildman–Crippen LogP) is 2.44. The molecule has 1 aliphatic rings. The van der Waals surface area contributed by atoms with Crippen LogP contribution in [0.25, 0.3) is 11.0 Å². The smallest absolute Gasteiger partial charge is 0.134 e. The molecule has 1 aromatic carbocycles. The molecule has 0 bridgehead atoms. The number of benzene rings is 1. The number of aliphatic hydroxyl groups excluding tert-OH is 1. The summed E-state index contributed by atoms with van der Waals surface area (Å²) in [5, 5.41) is 10.8. The highest BCUT2D eigenvalue weighted by Gasteiger charge is 2.39. The van der Waals surface area contributed by atoms with E-state index in [4.69, 9.17) is 9.15 Å². The van der Waals surface area contributed by atoms with Gasteiger partial charge in [0, 0.05) is 30.5 Å². The fourth-order valence-corrected chi connectivity index (χ4v) is 3.13. The third-order valence-corrected chi connectivity index (χ3v) is 4.29. The van der Waals surface area contributed by atoms with E-state index in [9.17, 15) is 5.11 Å². The largest absolute Gasteiger partial charge is 0.461 e. The maximum atomic E-state index is 9.56. The van der Waals surface area contributed by atoms with Crippen molar-refractivity contribution in [3.63, 3.8) is 0 Å². The number of ether oxygens (including phenoxy) is 1. The van der Waals surface area contributed by atoms with Crippen molar-refractivity contribution in [3.8, 4) is 0 Å². The zero-order chi connectivity index (χ0) is 14.9. The molecule has 0 spiro atoms. The molecular weight excluding hydrogens is 266 g/mol. The van der Waals surface area contributed by atoms with Gasteiger partial charge in [-0.15, -0.1) is 0 Å². The molecule has 1 N–H and O–H groups in total. The van der Waals surface area contributed by atoms with Crippen molar-refractivity contribution in [1.29, 1.82) is 0 Å². The molecule has 0 aliphatic carbocycles. The zero-order valence-corrected chi connectivity index (χ0v) is 12.8. The van der Waals surface area contributed by atoms with Crippen LogP contribution in [0.2, 0.25) is 0 Å². The Morgan fingerprint density at radius 3 is 2.67 bits per heavy atom. The Balaban J connectivity index is 1.80. The summed E-state index contributed by atoms with van der Waals surface area (Å²) in [7, 11) is 2.09. The Morgan fingerprint density at radius 1 is 1.29 bits per heavy atom. The third kappa shape index (κ3) is 2.71. The van der Waals surface area contributed by atoms with Gasteiger partial charge in [0.2, 0.25) is 0 Å². The van der Waals surface area contributed by atoms with Crippen molar-refractivity contribution in [2.45, 2.75) is 19.9 Å². The fourth-order valence-electron chi connectivity index (χ4n) is 3.13. The Kier molecular flexibility index (Phi) is 4.02. The van der Waals surface area contributed by atoms with E-state index >= 15 is 0 Å². The average Bonchev–Trinajstić information content (AvgIpc) is 2.81. The first-order chi connectivity index (χ1) is 10.2. The van der Waals surface area contributed by atoms with Crippen LogP contribution in [0, 0.1) is 5.41 Å². The van der Waals surface area contributed by atoms with Crippen LogP contribution < -0.4 is 0 Å². The summed E-state index contributed by atoms with van der Waals surface area (Å²) in [6.07, 6.45) is 0.895. The van der Waals surface area contributed by atoms with Crippen molar-refractivity contribution in [1.82, 2.24) is 4.90 Å². The highest BCUT2D eigenvalue weighted by molar-refractivity contribution is 5.82. The number of nitrogens with zero attached hydrogens (tertiary/aromatic N) is 1. The molecule has 4 heteroatoms. The molecule has 0 unspecified atom stereocenters. The van der Waals surface area contributed by atoms with E-state index in [-0.39, 0.29) is 12.0 Å². The summed E-state index contributed by atoms with van der Waals surface area (Å²) in [5.41, 5.74) is 2.14. The van der Waals surface area contributed by atoms with Crippen LogP contribution in [-0.4, -0.2) is 43.4 Å². The van der Waals surface area contributed by atoms with E-state index in [1.165, 1.54) is 10.9 Å². The highest BCUT2D eigenvalue weighted by atomic mass is 16.5. The second-order valence-corrected chi connectivity index (χ2v) is 6.18. The maximum absolute atomic E-state index is 9.56. The average molecular weight is 289 g/mol. The highest BCUT2D eigenvalue weighted by Crippen LogP contribution is 2.30. The number of hydrogen-bond donors (Lipinski definition) is 1. The lowest BCUT2D eigenvalue weighted by Crippen LogP contribution is -2.52. The van der Waals surface area contributed by atoms with E-state index in [2.05, 4.69) is 31.0 Å². The van der Waals surface area contributed by atoms with Crippen molar-refractivity contribution in [3.05, 3.63) is 35.6 Å². The van der Waals surface area contributed by atoms with Gasteiger partial charge in [0.15, 0.2) is 0 Å². The molecule has 4 nitrogen and oxygen atoms in total. The second-order valence-electron chi connectivity index (χ2n) is 6.18. The quantitative estimate of drug-likeness (QED) is 0.887. The van der Waals surface area contributed by atoms with Crippen LogP contribution in [-0.2, 0) is 17.7 Å². The van der Waals surface area contributed by atoms with E-state index in [0.29, 0.717) is 13.2 Å². The Hall–Kier alpha value is -1.36. The van der Waals surface area contributed by atoms with Crippen LogP contribution in [0.15, 0.2) is 28.7 Å². The first-order valence-electron chi connectivity index (χ1n) is 7.54. The number of fused-ring (bicyclic) bond motifs is 1. The molecule has 0 saturated carbocycles. The van der Waals surface area contributed by atoms with Crippen molar-refractivity contribution >= 4 is 11.0 Å². The molecule has 114 valence electrons. The summed E-state index contributed by atoms with van der Waals surface area (Å²) >= 11 is 0. The maximum Gasteiger partial charge on any atom is 0.134 e. The van der Waals surface area contributed by atoms with Gasteiger partial charge in [-0.25, -0.2) is 0 Å². The fraction of sp³-hybridized carbons (Fsp3) is 0.529. The van der Waals surface area contributed by atoms with E-state index in [1.54, 1.807) is 0 Å². The summed E-state index contributed by atoms with van der Waals surface area (Å²) in [6, 6.07) is 8.20. The summed E-state index contributed by atoms with van der Waals surface area (Å²) in [6.45, 7) is 5.29. The van der Waals surface area contributed by atoms with Crippen molar-refractivity contribution < 1.29 is 14.3 Å². The molecule has 1 saturated heterocycles.